The summed E-state index contributed by atoms with van der Waals surface area (Å²) in [6, 6.07) is 2.08. The number of carboxylic acids is 1. The van der Waals surface area contributed by atoms with Gasteiger partial charge in [-0.3, -0.25) is 4.79 Å². The molecule has 1 aliphatic heterocycles. The number of rotatable bonds is 4. The fourth-order valence-corrected chi connectivity index (χ4v) is 4.75. The summed E-state index contributed by atoms with van der Waals surface area (Å²) in [6.45, 7) is 3.34. The van der Waals surface area contributed by atoms with Gasteiger partial charge in [0.25, 0.3) is 0 Å². The van der Waals surface area contributed by atoms with Crippen LogP contribution in [0.1, 0.15) is 36.8 Å². The maximum atomic E-state index is 13.7. The molecular formula is C15H20FNO4S. The fourth-order valence-electron chi connectivity index (χ4n) is 2.89. The van der Waals surface area contributed by atoms with E-state index in [1.807, 2.05) is 0 Å². The van der Waals surface area contributed by atoms with Crippen LogP contribution in [0.15, 0.2) is 17.0 Å². The highest BCUT2D eigenvalue weighted by Gasteiger charge is 2.35. The zero-order valence-electron chi connectivity index (χ0n) is 12.7. The Kier molecular flexibility index (Phi) is 4.87. The van der Waals surface area contributed by atoms with E-state index in [0.29, 0.717) is 19.4 Å². The summed E-state index contributed by atoms with van der Waals surface area (Å²) >= 11 is 0. The van der Waals surface area contributed by atoms with Crippen molar-refractivity contribution in [3.63, 3.8) is 0 Å². The molecule has 1 heterocycles. The van der Waals surface area contributed by atoms with E-state index in [0.717, 1.165) is 6.42 Å². The predicted octanol–water partition coefficient (Wildman–Crippen LogP) is 2.46. The number of benzene rings is 1. The normalized spacial score (nSPS) is 20.0. The molecule has 122 valence electrons. The molecule has 1 aromatic carbocycles. The lowest BCUT2D eigenvalue weighted by Gasteiger charge is -2.34. The molecular weight excluding hydrogens is 309 g/mol. The zero-order chi connectivity index (χ0) is 16.5. The highest BCUT2D eigenvalue weighted by molar-refractivity contribution is 7.89. The lowest BCUT2D eigenvalue weighted by atomic mass is 10.0. The van der Waals surface area contributed by atoms with Crippen LogP contribution in [0.2, 0.25) is 0 Å². The molecule has 0 amide bonds. The molecule has 0 spiro atoms. The van der Waals surface area contributed by atoms with E-state index in [1.165, 1.54) is 30.3 Å². The van der Waals surface area contributed by atoms with Gasteiger partial charge in [0.1, 0.15) is 5.82 Å². The van der Waals surface area contributed by atoms with Crippen molar-refractivity contribution in [2.24, 2.45) is 0 Å². The summed E-state index contributed by atoms with van der Waals surface area (Å²) in [5.41, 5.74) is 0.538. The molecule has 0 aliphatic carbocycles. The van der Waals surface area contributed by atoms with Gasteiger partial charge in [-0.2, -0.15) is 4.31 Å². The number of aryl methyl sites for hydroxylation is 2. The van der Waals surface area contributed by atoms with Gasteiger partial charge in [-0.25, -0.2) is 12.8 Å². The quantitative estimate of drug-likeness (QED) is 0.921. The molecule has 0 aromatic heterocycles. The average molecular weight is 329 g/mol. The molecule has 1 saturated heterocycles. The average Bonchev–Trinajstić information content (AvgIpc) is 2.44. The number of hydrogen-bond donors (Lipinski definition) is 1. The van der Waals surface area contributed by atoms with Crippen molar-refractivity contribution < 1.29 is 22.7 Å². The van der Waals surface area contributed by atoms with Crippen molar-refractivity contribution >= 4 is 16.0 Å². The van der Waals surface area contributed by atoms with E-state index in [-0.39, 0.29) is 22.4 Å². The highest BCUT2D eigenvalue weighted by Crippen LogP contribution is 2.28. The molecule has 2 rings (SSSR count). The van der Waals surface area contributed by atoms with Crippen LogP contribution in [-0.4, -0.2) is 36.4 Å². The van der Waals surface area contributed by atoms with Crippen molar-refractivity contribution in [2.75, 3.05) is 6.54 Å². The topological polar surface area (TPSA) is 74.7 Å². The second-order valence-electron chi connectivity index (χ2n) is 5.73. The maximum Gasteiger partial charge on any atom is 0.304 e. The van der Waals surface area contributed by atoms with Gasteiger partial charge in [-0.15, -0.1) is 0 Å². The van der Waals surface area contributed by atoms with Crippen LogP contribution in [-0.2, 0) is 14.8 Å². The van der Waals surface area contributed by atoms with E-state index >= 15 is 0 Å². The van der Waals surface area contributed by atoms with Crippen LogP contribution in [0.5, 0.6) is 0 Å². The summed E-state index contributed by atoms with van der Waals surface area (Å²) in [6.07, 6.45) is 1.84. The molecule has 7 heteroatoms. The monoisotopic (exact) mass is 329 g/mol. The van der Waals surface area contributed by atoms with Gasteiger partial charge in [0, 0.05) is 12.6 Å². The lowest BCUT2D eigenvalue weighted by molar-refractivity contribution is -0.138. The molecule has 1 atom stereocenters. The number of halogens is 1. The largest absolute Gasteiger partial charge is 0.481 e. The third kappa shape index (κ3) is 3.30. The third-order valence-corrected chi connectivity index (χ3v) is 5.93. The van der Waals surface area contributed by atoms with Crippen molar-refractivity contribution in [2.45, 2.75) is 50.5 Å². The first kappa shape index (κ1) is 16.9. The van der Waals surface area contributed by atoms with Crippen LogP contribution in [0.4, 0.5) is 4.39 Å². The smallest absolute Gasteiger partial charge is 0.304 e. The molecule has 1 aliphatic rings. The van der Waals surface area contributed by atoms with E-state index in [4.69, 9.17) is 5.11 Å². The SMILES string of the molecule is Cc1cc(S(=O)(=O)N2CCCCC2CC(=O)O)cc(C)c1F. The molecule has 0 radical (unpaired) electrons. The van der Waals surface area contributed by atoms with Crippen LogP contribution >= 0.6 is 0 Å². The van der Waals surface area contributed by atoms with E-state index < -0.39 is 27.9 Å². The number of hydrogen-bond acceptors (Lipinski definition) is 3. The minimum atomic E-state index is -3.82. The van der Waals surface area contributed by atoms with Crippen LogP contribution in [0.25, 0.3) is 0 Å². The zero-order valence-corrected chi connectivity index (χ0v) is 13.5. The summed E-state index contributed by atoms with van der Waals surface area (Å²) in [4.78, 5) is 11.0. The molecule has 0 bridgehead atoms. The van der Waals surface area contributed by atoms with Gasteiger partial charge in [0.15, 0.2) is 0 Å². The Morgan fingerprint density at radius 1 is 1.32 bits per heavy atom. The van der Waals surface area contributed by atoms with E-state index in [2.05, 4.69) is 0 Å². The Balaban J connectivity index is 2.41. The Morgan fingerprint density at radius 2 is 1.91 bits per heavy atom. The number of nitrogens with zero attached hydrogens (tertiary/aromatic N) is 1. The summed E-state index contributed by atoms with van der Waals surface area (Å²) in [7, 11) is -3.82. The molecule has 5 nitrogen and oxygen atoms in total. The number of aliphatic carboxylic acids is 1. The van der Waals surface area contributed by atoms with Gasteiger partial charge in [0.2, 0.25) is 10.0 Å². The number of sulfonamides is 1. The van der Waals surface area contributed by atoms with Gasteiger partial charge in [0.05, 0.1) is 11.3 Å². The van der Waals surface area contributed by atoms with Gasteiger partial charge in [-0.1, -0.05) is 6.42 Å². The Hall–Kier alpha value is -1.47. The number of piperidine rings is 1. The Bertz CT molecular complexity index is 664. The third-order valence-electron chi connectivity index (χ3n) is 4.00. The maximum absolute atomic E-state index is 13.7. The van der Waals surface area contributed by atoms with Crippen molar-refractivity contribution in [1.82, 2.24) is 4.31 Å². The van der Waals surface area contributed by atoms with Crippen molar-refractivity contribution in [1.29, 1.82) is 0 Å². The van der Waals surface area contributed by atoms with Crippen LogP contribution in [0.3, 0.4) is 0 Å². The Labute approximate surface area is 129 Å². The molecule has 0 saturated carbocycles. The summed E-state index contributed by atoms with van der Waals surface area (Å²) < 4.78 is 40.6. The summed E-state index contributed by atoms with van der Waals surface area (Å²) in [5, 5.41) is 8.97. The Morgan fingerprint density at radius 3 is 2.45 bits per heavy atom. The lowest BCUT2D eigenvalue weighted by Crippen LogP contribution is -2.44. The van der Waals surface area contributed by atoms with Crippen LogP contribution in [0, 0.1) is 19.7 Å². The molecule has 22 heavy (non-hydrogen) atoms. The van der Waals surface area contributed by atoms with Crippen molar-refractivity contribution in [3.8, 4) is 0 Å². The highest BCUT2D eigenvalue weighted by atomic mass is 32.2. The fraction of sp³-hybridized carbons (Fsp3) is 0.533. The molecule has 1 N–H and O–H groups in total. The van der Waals surface area contributed by atoms with E-state index in [9.17, 15) is 17.6 Å². The minimum Gasteiger partial charge on any atom is -0.481 e. The predicted molar refractivity (Wildman–Crippen MR) is 79.7 cm³/mol. The minimum absolute atomic E-state index is 0.0289. The first-order valence-electron chi connectivity index (χ1n) is 7.24. The standard InChI is InChI=1S/C15H20FNO4S/c1-10-7-13(8-11(2)15(10)16)22(20,21)17-6-4-3-5-12(17)9-14(18)19/h7-8,12H,3-6,9H2,1-2H3,(H,18,19). The van der Waals surface area contributed by atoms with Crippen LogP contribution < -0.4 is 0 Å². The second-order valence-corrected chi connectivity index (χ2v) is 7.62. The van der Waals surface area contributed by atoms with Crippen molar-refractivity contribution in [3.05, 3.63) is 29.1 Å². The molecule has 1 aromatic rings. The molecule has 1 fully saturated rings. The van der Waals surface area contributed by atoms with Gasteiger partial charge in [-0.05, 0) is 49.9 Å². The first-order chi connectivity index (χ1) is 10.2. The number of carboxylic acid groups (broad SMARTS) is 1. The summed E-state index contributed by atoms with van der Waals surface area (Å²) in [5.74, 6) is -1.43. The van der Waals surface area contributed by atoms with E-state index in [1.54, 1.807) is 0 Å². The van der Waals surface area contributed by atoms with Gasteiger partial charge >= 0.3 is 5.97 Å². The van der Waals surface area contributed by atoms with Gasteiger partial charge < -0.3 is 5.11 Å². The first-order valence-corrected chi connectivity index (χ1v) is 8.68. The second kappa shape index (κ2) is 6.34. The number of carbonyl (C=O) groups is 1. The molecule has 1 unspecified atom stereocenters.